The van der Waals surface area contributed by atoms with E-state index in [1.165, 1.54) is 6.20 Å². The molecule has 1 aromatic rings. The van der Waals surface area contributed by atoms with Gasteiger partial charge in [0.2, 0.25) is 0 Å². The molecular formula is C10H14N2O3. The van der Waals surface area contributed by atoms with E-state index < -0.39 is 18.0 Å². The molecule has 0 spiro atoms. The topological polar surface area (TPSA) is 96.4 Å². The van der Waals surface area contributed by atoms with Crippen LogP contribution in [0, 0.1) is 6.92 Å². The molecule has 0 aliphatic rings. The molecule has 1 rings (SSSR count). The first-order chi connectivity index (χ1) is 6.93. The molecule has 5 nitrogen and oxygen atoms in total. The molecule has 4 N–H and O–H groups in total. The number of aromatic nitrogens is 1. The van der Waals surface area contributed by atoms with Crippen molar-refractivity contribution in [2.45, 2.75) is 25.9 Å². The fraction of sp³-hybridized carbons (Fsp3) is 0.400. The molecule has 0 fully saturated rings. The molecule has 1 aromatic heterocycles. The number of carboxylic acid groups (broad SMARTS) is 1. The lowest BCUT2D eigenvalue weighted by atomic mass is 9.96. The summed E-state index contributed by atoms with van der Waals surface area (Å²) in [5, 5.41) is 18.0. The highest BCUT2D eigenvalue weighted by Gasteiger charge is 2.23. The average molecular weight is 210 g/mol. The van der Waals surface area contributed by atoms with Gasteiger partial charge in [-0.3, -0.25) is 0 Å². The van der Waals surface area contributed by atoms with Gasteiger partial charge in [0.15, 0.2) is 6.10 Å². The van der Waals surface area contributed by atoms with E-state index in [-0.39, 0.29) is 0 Å². The second kappa shape index (κ2) is 4.27. The molecule has 0 saturated heterocycles. The third kappa shape index (κ3) is 2.44. The number of carbonyl (C=O) groups is 1. The van der Waals surface area contributed by atoms with E-state index in [2.05, 4.69) is 4.98 Å². The Hall–Kier alpha value is -1.62. The molecule has 2 unspecified atom stereocenters. The van der Waals surface area contributed by atoms with Gasteiger partial charge in [-0.25, -0.2) is 9.78 Å². The first-order valence-electron chi connectivity index (χ1n) is 4.56. The number of nitrogen functional groups attached to an aromatic ring is 1. The summed E-state index contributed by atoms with van der Waals surface area (Å²) in [5.41, 5.74) is 6.97. The maximum Gasteiger partial charge on any atom is 0.333 e. The van der Waals surface area contributed by atoms with Crippen molar-refractivity contribution in [3.05, 3.63) is 23.4 Å². The van der Waals surface area contributed by atoms with E-state index in [0.717, 1.165) is 5.56 Å². The number of anilines is 1. The van der Waals surface area contributed by atoms with Crippen LogP contribution in [0.15, 0.2) is 12.3 Å². The number of aryl methyl sites for hydroxylation is 1. The summed E-state index contributed by atoms with van der Waals surface area (Å²) in [4.78, 5) is 14.5. The maximum atomic E-state index is 10.6. The second-order valence-electron chi connectivity index (χ2n) is 3.54. The number of aliphatic hydroxyl groups is 1. The number of pyridine rings is 1. The summed E-state index contributed by atoms with van der Waals surface area (Å²) in [6, 6.07) is 1.74. The van der Waals surface area contributed by atoms with Crippen molar-refractivity contribution in [3.63, 3.8) is 0 Å². The lowest BCUT2D eigenvalue weighted by Crippen LogP contribution is -2.26. The molecule has 0 amide bonds. The van der Waals surface area contributed by atoms with E-state index in [0.29, 0.717) is 11.4 Å². The zero-order valence-corrected chi connectivity index (χ0v) is 8.64. The molecule has 0 bridgehead atoms. The number of rotatable bonds is 3. The lowest BCUT2D eigenvalue weighted by Gasteiger charge is -2.15. The Kier molecular flexibility index (Phi) is 3.26. The van der Waals surface area contributed by atoms with Gasteiger partial charge in [-0.1, -0.05) is 13.0 Å². The molecule has 0 aliphatic carbocycles. The number of hydrogen-bond acceptors (Lipinski definition) is 4. The van der Waals surface area contributed by atoms with Crippen LogP contribution < -0.4 is 5.73 Å². The van der Waals surface area contributed by atoms with Gasteiger partial charge in [0.25, 0.3) is 0 Å². The van der Waals surface area contributed by atoms with E-state index in [9.17, 15) is 9.90 Å². The SMILES string of the molecule is Cc1cc(C(C)C(O)C(=O)O)cnc1N. The Bertz CT molecular complexity index is 379. The minimum Gasteiger partial charge on any atom is -0.479 e. The van der Waals surface area contributed by atoms with Crippen LogP contribution in [0.5, 0.6) is 0 Å². The highest BCUT2D eigenvalue weighted by atomic mass is 16.4. The molecule has 2 atom stereocenters. The Balaban J connectivity index is 2.96. The normalized spacial score (nSPS) is 14.6. The number of aliphatic carboxylic acids is 1. The van der Waals surface area contributed by atoms with Crippen LogP contribution in [0.2, 0.25) is 0 Å². The monoisotopic (exact) mass is 210 g/mol. The molecule has 0 aliphatic heterocycles. The highest BCUT2D eigenvalue weighted by Crippen LogP contribution is 2.21. The molecule has 15 heavy (non-hydrogen) atoms. The van der Waals surface area contributed by atoms with Crippen molar-refractivity contribution in [1.82, 2.24) is 4.98 Å². The zero-order valence-electron chi connectivity index (χ0n) is 8.64. The fourth-order valence-corrected chi connectivity index (χ4v) is 1.25. The van der Waals surface area contributed by atoms with Crippen LogP contribution in [-0.2, 0) is 4.79 Å². The average Bonchev–Trinajstić information content (AvgIpc) is 2.19. The van der Waals surface area contributed by atoms with Crippen LogP contribution >= 0.6 is 0 Å². The van der Waals surface area contributed by atoms with Crippen molar-refractivity contribution in [2.75, 3.05) is 5.73 Å². The van der Waals surface area contributed by atoms with Gasteiger partial charge in [0.05, 0.1) is 0 Å². The van der Waals surface area contributed by atoms with Gasteiger partial charge < -0.3 is 15.9 Å². The molecule has 82 valence electrons. The standard InChI is InChI=1S/C10H14N2O3/c1-5-3-7(4-12-9(5)11)6(2)8(13)10(14)15/h3-4,6,8,13H,1-2H3,(H2,11,12)(H,14,15). The minimum atomic E-state index is -1.42. The number of carboxylic acids is 1. The zero-order chi connectivity index (χ0) is 11.6. The van der Waals surface area contributed by atoms with Gasteiger partial charge >= 0.3 is 5.97 Å². The number of nitrogens with zero attached hydrogens (tertiary/aromatic N) is 1. The van der Waals surface area contributed by atoms with E-state index in [1.54, 1.807) is 19.9 Å². The van der Waals surface area contributed by atoms with Gasteiger partial charge in [-0.15, -0.1) is 0 Å². The third-order valence-electron chi connectivity index (χ3n) is 2.39. The number of nitrogens with two attached hydrogens (primary N) is 1. The molecule has 5 heteroatoms. The van der Waals surface area contributed by atoms with Gasteiger partial charge in [-0.05, 0) is 18.1 Å². The Labute approximate surface area is 87.6 Å². The van der Waals surface area contributed by atoms with Crippen molar-refractivity contribution in [2.24, 2.45) is 0 Å². The molecular weight excluding hydrogens is 196 g/mol. The summed E-state index contributed by atoms with van der Waals surface area (Å²) in [7, 11) is 0. The molecule has 0 saturated carbocycles. The number of hydrogen-bond donors (Lipinski definition) is 3. The van der Waals surface area contributed by atoms with Gasteiger partial charge in [0.1, 0.15) is 5.82 Å². The van der Waals surface area contributed by atoms with Crippen molar-refractivity contribution >= 4 is 11.8 Å². The summed E-state index contributed by atoms with van der Waals surface area (Å²) < 4.78 is 0. The predicted molar refractivity (Wildman–Crippen MR) is 55.4 cm³/mol. The highest BCUT2D eigenvalue weighted by molar-refractivity contribution is 5.73. The second-order valence-corrected chi connectivity index (χ2v) is 3.54. The van der Waals surface area contributed by atoms with Crippen LogP contribution in [-0.4, -0.2) is 27.3 Å². The third-order valence-corrected chi connectivity index (χ3v) is 2.39. The Morgan fingerprint density at radius 2 is 2.20 bits per heavy atom. The quantitative estimate of drug-likeness (QED) is 0.675. The van der Waals surface area contributed by atoms with Crippen LogP contribution in [0.1, 0.15) is 24.0 Å². The van der Waals surface area contributed by atoms with Gasteiger partial charge in [0, 0.05) is 12.1 Å². The van der Waals surface area contributed by atoms with Crippen LogP contribution in [0.3, 0.4) is 0 Å². The van der Waals surface area contributed by atoms with E-state index in [4.69, 9.17) is 10.8 Å². The first kappa shape index (κ1) is 11.5. The summed E-state index contributed by atoms with van der Waals surface area (Å²) in [5.74, 6) is -1.33. The van der Waals surface area contributed by atoms with Crippen LogP contribution in [0.25, 0.3) is 0 Å². The van der Waals surface area contributed by atoms with E-state index in [1.807, 2.05) is 0 Å². The Morgan fingerprint density at radius 3 is 2.67 bits per heavy atom. The predicted octanol–water partition coefficient (Wildman–Crippen LogP) is 0.521. The minimum absolute atomic E-state index is 0.413. The largest absolute Gasteiger partial charge is 0.479 e. The fourth-order valence-electron chi connectivity index (χ4n) is 1.25. The summed E-state index contributed by atoms with van der Waals surface area (Å²) in [6.45, 7) is 3.41. The molecule has 0 aromatic carbocycles. The van der Waals surface area contributed by atoms with Gasteiger partial charge in [-0.2, -0.15) is 0 Å². The summed E-state index contributed by atoms with van der Waals surface area (Å²) in [6.07, 6.45) is 0.0638. The summed E-state index contributed by atoms with van der Waals surface area (Å²) >= 11 is 0. The maximum absolute atomic E-state index is 10.6. The van der Waals surface area contributed by atoms with Crippen LogP contribution in [0.4, 0.5) is 5.82 Å². The molecule has 0 radical (unpaired) electrons. The van der Waals surface area contributed by atoms with E-state index >= 15 is 0 Å². The van der Waals surface area contributed by atoms with Crippen molar-refractivity contribution in [1.29, 1.82) is 0 Å². The lowest BCUT2D eigenvalue weighted by molar-refractivity contribution is -0.147. The van der Waals surface area contributed by atoms with Crippen molar-refractivity contribution < 1.29 is 15.0 Å². The first-order valence-corrected chi connectivity index (χ1v) is 4.56. The van der Waals surface area contributed by atoms with Crippen molar-refractivity contribution in [3.8, 4) is 0 Å². The number of aliphatic hydroxyl groups excluding tert-OH is 1. The molecule has 1 heterocycles. The Morgan fingerprint density at radius 1 is 1.60 bits per heavy atom. The smallest absolute Gasteiger partial charge is 0.333 e.